The Morgan fingerprint density at radius 3 is 2.36 bits per heavy atom. The molecule has 2 aliphatic heterocycles. The number of thiazole rings is 1. The van der Waals surface area contributed by atoms with Crippen LogP contribution in [-0.4, -0.2) is 92.0 Å². The van der Waals surface area contributed by atoms with Gasteiger partial charge in [-0.1, -0.05) is 19.1 Å². The summed E-state index contributed by atoms with van der Waals surface area (Å²) >= 11 is 1.53. The summed E-state index contributed by atoms with van der Waals surface area (Å²) in [6, 6.07) is 7.83. The molecule has 9 nitrogen and oxygen atoms in total. The van der Waals surface area contributed by atoms with Gasteiger partial charge in [0.05, 0.1) is 17.9 Å². The second kappa shape index (κ2) is 11.0. The number of piperazine rings is 2. The van der Waals surface area contributed by atoms with E-state index in [0.717, 1.165) is 75.4 Å². The Morgan fingerprint density at radius 2 is 1.67 bits per heavy atom. The first-order valence-corrected chi connectivity index (χ1v) is 12.5. The van der Waals surface area contributed by atoms with Crippen molar-refractivity contribution in [1.29, 1.82) is 0 Å². The van der Waals surface area contributed by atoms with Crippen LogP contribution in [0.2, 0.25) is 0 Å². The van der Waals surface area contributed by atoms with Crippen LogP contribution in [0.25, 0.3) is 0 Å². The topological polar surface area (TPSA) is 98.0 Å². The van der Waals surface area contributed by atoms with Crippen molar-refractivity contribution < 1.29 is 9.59 Å². The van der Waals surface area contributed by atoms with E-state index in [1.54, 1.807) is 0 Å². The fourth-order valence-corrected chi connectivity index (χ4v) is 5.26. The van der Waals surface area contributed by atoms with Gasteiger partial charge in [-0.15, -0.1) is 11.3 Å². The third-order valence-corrected chi connectivity index (χ3v) is 7.05. The van der Waals surface area contributed by atoms with Crippen LogP contribution >= 0.6 is 11.3 Å². The lowest BCUT2D eigenvalue weighted by molar-refractivity contribution is -0.119. The van der Waals surface area contributed by atoms with Crippen molar-refractivity contribution in [2.45, 2.75) is 13.3 Å². The van der Waals surface area contributed by atoms with E-state index in [1.807, 2.05) is 29.6 Å². The summed E-state index contributed by atoms with van der Waals surface area (Å²) in [5.41, 5.74) is 7.52. The minimum absolute atomic E-state index is 0.193. The number of hydrogen-bond donors (Lipinski definition) is 2. The zero-order chi connectivity index (χ0) is 23.2. The summed E-state index contributed by atoms with van der Waals surface area (Å²) in [4.78, 5) is 37.8. The fourth-order valence-electron chi connectivity index (χ4n) is 4.40. The van der Waals surface area contributed by atoms with Crippen molar-refractivity contribution in [3.05, 3.63) is 35.3 Å². The Bertz CT molecular complexity index is 950. The Hall–Kier alpha value is -2.69. The lowest BCUT2D eigenvalue weighted by Gasteiger charge is -2.36. The predicted molar refractivity (Wildman–Crippen MR) is 133 cm³/mol. The maximum absolute atomic E-state index is 13.0. The Morgan fingerprint density at radius 1 is 1.00 bits per heavy atom. The minimum Gasteiger partial charge on any atom is -0.369 e. The van der Waals surface area contributed by atoms with Gasteiger partial charge in [-0.25, -0.2) is 4.98 Å². The highest BCUT2D eigenvalue weighted by molar-refractivity contribution is 7.14. The van der Waals surface area contributed by atoms with Crippen LogP contribution < -0.4 is 20.9 Å². The van der Waals surface area contributed by atoms with E-state index in [9.17, 15) is 9.59 Å². The van der Waals surface area contributed by atoms with Gasteiger partial charge in [0.25, 0.3) is 5.91 Å². The summed E-state index contributed by atoms with van der Waals surface area (Å²) in [5, 5.41) is 5.81. The Kier molecular flexibility index (Phi) is 7.79. The highest BCUT2D eigenvalue weighted by Gasteiger charge is 2.23. The van der Waals surface area contributed by atoms with Gasteiger partial charge in [0.15, 0.2) is 5.13 Å². The molecule has 178 valence electrons. The number of aromatic nitrogens is 1. The summed E-state index contributed by atoms with van der Waals surface area (Å²) in [7, 11) is 0. The summed E-state index contributed by atoms with van der Waals surface area (Å²) in [6.07, 6.45) is 1.17. The first kappa shape index (κ1) is 23.5. The molecule has 1 aromatic carbocycles. The molecule has 2 aromatic rings. The van der Waals surface area contributed by atoms with E-state index in [0.29, 0.717) is 5.69 Å². The molecule has 0 spiro atoms. The maximum Gasteiger partial charge on any atom is 0.275 e. The van der Waals surface area contributed by atoms with Crippen molar-refractivity contribution in [2.75, 3.05) is 80.6 Å². The second-order valence-electron chi connectivity index (χ2n) is 8.54. The molecular formula is C23H33N7O2S. The van der Waals surface area contributed by atoms with Crippen LogP contribution in [0, 0.1) is 0 Å². The SMILES string of the molecule is CCCN1CCN(c2nc(C(=O)Nc3ccccc3N3CCN(CC(N)=O)CC3)cs2)CC1. The van der Waals surface area contributed by atoms with E-state index in [4.69, 9.17) is 5.73 Å². The zero-order valence-corrected chi connectivity index (χ0v) is 20.0. The summed E-state index contributed by atoms with van der Waals surface area (Å²) in [6.45, 7) is 10.6. The molecule has 10 heteroatoms. The maximum atomic E-state index is 13.0. The number of nitrogens with zero attached hydrogens (tertiary/aromatic N) is 5. The average molecular weight is 472 g/mol. The number of primary amides is 1. The minimum atomic E-state index is -0.304. The van der Waals surface area contributed by atoms with Gasteiger partial charge in [-0.3, -0.25) is 19.4 Å². The van der Waals surface area contributed by atoms with Crippen LogP contribution in [0.15, 0.2) is 29.6 Å². The van der Waals surface area contributed by atoms with Crippen molar-refractivity contribution in [3.63, 3.8) is 0 Å². The van der Waals surface area contributed by atoms with E-state index >= 15 is 0 Å². The molecule has 1 aromatic heterocycles. The molecule has 0 unspecified atom stereocenters. The molecule has 2 amide bonds. The van der Waals surface area contributed by atoms with Gasteiger partial charge in [0.2, 0.25) is 5.91 Å². The predicted octanol–water partition coefficient (Wildman–Crippen LogP) is 1.53. The third-order valence-electron chi connectivity index (χ3n) is 6.15. The standard InChI is InChI=1S/C23H33N7O2S/c1-2-7-27-8-14-30(15-9-27)23-26-19(17-33-23)22(32)25-18-5-3-4-6-20(18)29-12-10-28(11-13-29)16-21(24)31/h3-6,17H,2,7-16H2,1H3,(H2,24,31)(H,25,32). The number of nitrogens with two attached hydrogens (primary N) is 1. The lowest BCUT2D eigenvalue weighted by atomic mass is 10.2. The van der Waals surface area contributed by atoms with Gasteiger partial charge in [0, 0.05) is 57.7 Å². The van der Waals surface area contributed by atoms with Crippen LogP contribution in [0.1, 0.15) is 23.8 Å². The number of anilines is 3. The Labute approximate surface area is 199 Å². The number of benzene rings is 1. The molecular weight excluding hydrogens is 438 g/mol. The molecule has 0 radical (unpaired) electrons. The summed E-state index contributed by atoms with van der Waals surface area (Å²) in [5.74, 6) is -0.497. The van der Waals surface area contributed by atoms with Crippen molar-refractivity contribution in [1.82, 2.24) is 14.8 Å². The van der Waals surface area contributed by atoms with E-state index in [-0.39, 0.29) is 18.4 Å². The van der Waals surface area contributed by atoms with Gasteiger partial charge < -0.3 is 20.9 Å². The molecule has 0 atom stereocenters. The first-order valence-electron chi connectivity index (χ1n) is 11.6. The Balaban J connectivity index is 1.37. The number of amides is 2. The van der Waals surface area contributed by atoms with Gasteiger partial charge >= 0.3 is 0 Å². The van der Waals surface area contributed by atoms with Gasteiger partial charge in [-0.2, -0.15) is 0 Å². The number of para-hydroxylation sites is 2. The first-order chi connectivity index (χ1) is 16.0. The quantitative estimate of drug-likeness (QED) is 0.603. The molecule has 0 bridgehead atoms. The number of nitrogens with one attached hydrogen (secondary N) is 1. The van der Waals surface area contributed by atoms with E-state index in [2.05, 4.69) is 36.8 Å². The largest absolute Gasteiger partial charge is 0.369 e. The molecule has 0 saturated carbocycles. The molecule has 3 heterocycles. The number of carbonyl (C=O) groups excluding carboxylic acids is 2. The fraction of sp³-hybridized carbons (Fsp3) is 0.522. The van der Waals surface area contributed by atoms with E-state index in [1.165, 1.54) is 17.8 Å². The summed E-state index contributed by atoms with van der Waals surface area (Å²) < 4.78 is 0. The van der Waals surface area contributed by atoms with Gasteiger partial charge in [-0.05, 0) is 25.1 Å². The third kappa shape index (κ3) is 6.01. The van der Waals surface area contributed by atoms with Crippen LogP contribution in [-0.2, 0) is 4.79 Å². The molecule has 2 saturated heterocycles. The molecule has 33 heavy (non-hydrogen) atoms. The highest BCUT2D eigenvalue weighted by Crippen LogP contribution is 2.28. The normalized spacial score (nSPS) is 17.8. The smallest absolute Gasteiger partial charge is 0.275 e. The number of hydrogen-bond acceptors (Lipinski definition) is 8. The van der Waals surface area contributed by atoms with E-state index < -0.39 is 0 Å². The monoisotopic (exact) mass is 471 g/mol. The average Bonchev–Trinajstić information content (AvgIpc) is 3.31. The number of carbonyl (C=O) groups is 2. The zero-order valence-electron chi connectivity index (χ0n) is 19.2. The van der Waals surface area contributed by atoms with Crippen LogP contribution in [0.5, 0.6) is 0 Å². The highest BCUT2D eigenvalue weighted by atomic mass is 32.1. The van der Waals surface area contributed by atoms with Crippen LogP contribution in [0.3, 0.4) is 0 Å². The molecule has 3 N–H and O–H groups in total. The number of rotatable bonds is 8. The molecule has 2 fully saturated rings. The molecule has 0 aliphatic carbocycles. The van der Waals surface area contributed by atoms with Crippen LogP contribution in [0.4, 0.5) is 16.5 Å². The van der Waals surface area contributed by atoms with Crippen molar-refractivity contribution >= 4 is 39.7 Å². The second-order valence-corrected chi connectivity index (χ2v) is 9.38. The van der Waals surface area contributed by atoms with Gasteiger partial charge in [0.1, 0.15) is 5.69 Å². The molecule has 2 aliphatic rings. The molecule has 4 rings (SSSR count). The lowest BCUT2D eigenvalue weighted by Crippen LogP contribution is -2.49. The van der Waals surface area contributed by atoms with Crippen molar-refractivity contribution in [3.8, 4) is 0 Å². The van der Waals surface area contributed by atoms with Crippen molar-refractivity contribution in [2.24, 2.45) is 5.73 Å².